The van der Waals surface area contributed by atoms with Crippen molar-refractivity contribution in [2.45, 2.75) is 105 Å². The number of hydrogen-bond acceptors (Lipinski definition) is 3. The van der Waals surface area contributed by atoms with Gasteiger partial charge in [-0.25, -0.2) is 0 Å². The Bertz CT molecular complexity index is 3520. The van der Waals surface area contributed by atoms with Gasteiger partial charge in [-0.1, -0.05) is 168 Å². The number of para-hydroxylation sites is 4. The van der Waals surface area contributed by atoms with Gasteiger partial charge >= 0.3 is 6.85 Å². The zero-order valence-corrected chi connectivity index (χ0v) is 42.3. The van der Waals surface area contributed by atoms with Gasteiger partial charge in [0.25, 0.3) is 0 Å². The van der Waals surface area contributed by atoms with E-state index in [-0.39, 0.29) is 28.5 Å². The molecular formula is C64H62BN3O. The standard InChI is InChI=1S/C64H62BN3O/c1-61(2,3)40-23-29-45(30-24-40)66-52-34-26-42(63(7,8)9)37-50(52)65-59-48(36-43(38-55(59)66)64(10,11)12)47-32-31-46(58-49-35-41(62(4,5)6)25-33-51(49)68(65)60(47)58)39-21-27-44(28-22-39)67-53-17-13-15-19-56(53)69-57-20-16-14-18-54(57)67/h13-38H,1-12H3. The Morgan fingerprint density at radius 2 is 0.928 bits per heavy atom. The maximum Gasteiger partial charge on any atom is 0.333 e. The highest BCUT2D eigenvalue weighted by atomic mass is 16.5. The SMILES string of the molecule is CC(C)(C)c1ccc(N2c3ccc(C(C)(C)C)cc3B3c4c(cc(C(C)(C)C)cc42)-c2ccc(-c4ccc(N5c6ccccc6Oc6ccccc65)cc4)c4c5cc(C(C)(C)C)ccc5n3c24)cc1. The molecule has 12 rings (SSSR count). The molecule has 0 unspecified atom stereocenters. The van der Waals surface area contributed by atoms with Gasteiger partial charge in [0.1, 0.15) is 0 Å². The van der Waals surface area contributed by atoms with E-state index in [2.05, 4.69) is 243 Å². The molecule has 342 valence electrons. The molecule has 0 spiro atoms. The van der Waals surface area contributed by atoms with E-state index in [4.69, 9.17) is 4.74 Å². The lowest BCUT2D eigenvalue weighted by molar-refractivity contribution is 0.477. The number of fused-ring (bicyclic) bond motifs is 9. The summed E-state index contributed by atoms with van der Waals surface area (Å²) in [5.41, 5.74) is 22.4. The molecule has 0 bridgehead atoms. The summed E-state index contributed by atoms with van der Waals surface area (Å²) in [6.45, 7) is 28.0. The van der Waals surface area contributed by atoms with Crippen molar-refractivity contribution in [3.8, 4) is 33.8 Å². The van der Waals surface area contributed by atoms with Crippen LogP contribution in [-0.4, -0.2) is 11.3 Å². The first kappa shape index (κ1) is 43.3. The molecule has 0 N–H and O–H groups in total. The second kappa shape index (κ2) is 14.8. The summed E-state index contributed by atoms with van der Waals surface area (Å²) in [7, 11) is 0. The average molecular weight is 900 g/mol. The van der Waals surface area contributed by atoms with Gasteiger partial charge in [-0.3, -0.25) is 0 Å². The van der Waals surface area contributed by atoms with Gasteiger partial charge in [0, 0.05) is 50.1 Å². The Balaban J connectivity index is 1.14. The highest BCUT2D eigenvalue weighted by molar-refractivity contribution is 6.90. The molecule has 0 radical (unpaired) electrons. The Kier molecular flexibility index (Phi) is 9.27. The van der Waals surface area contributed by atoms with Gasteiger partial charge in [-0.2, -0.15) is 0 Å². The maximum absolute atomic E-state index is 6.40. The second-order valence-corrected chi connectivity index (χ2v) is 23.9. The minimum atomic E-state index is -0.0900. The highest BCUT2D eigenvalue weighted by Gasteiger charge is 2.44. The number of aromatic nitrogens is 1. The molecule has 69 heavy (non-hydrogen) atoms. The highest BCUT2D eigenvalue weighted by Crippen LogP contribution is 2.52. The molecule has 0 saturated heterocycles. The monoisotopic (exact) mass is 899 g/mol. The molecule has 5 heteroatoms. The lowest BCUT2D eigenvalue weighted by Crippen LogP contribution is -2.57. The van der Waals surface area contributed by atoms with Crippen molar-refractivity contribution in [2.75, 3.05) is 9.80 Å². The molecule has 0 saturated carbocycles. The summed E-state index contributed by atoms with van der Waals surface area (Å²) in [5.74, 6) is 1.71. The summed E-state index contributed by atoms with van der Waals surface area (Å²) < 4.78 is 9.13. The first-order chi connectivity index (χ1) is 32.8. The zero-order valence-electron chi connectivity index (χ0n) is 42.3. The molecule has 8 aromatic carbocycles. The van der Waals surface area contributed by atoms with Crippen LogP contribution in [-0.2, 0) is 21.7 Å². The Morgan fingerprint density at radius 3 is 1.54 bits per heavy atom. The third-order valence-electron chi connectivity index (χ3n) is 15.2. The van der Waals surface area contributed by atoms with E-state index in [1.165, 1.54) is 94.3 Å². The Morgan fingerprint density at radius 1 is 0.406 bits per heavy atom. The molecule has 0 atom stereocenters. The fourth-order valence-electron chi connectivity index (χ4n) is 11.3. The molecule has 0 aliphatic carbocycles. The van der Waals surface area contributed by atoms with Crippen molar-refractivity contribution in [1.29, 1.82) is 0 Å². The number of nitrogens with zero attached hydrogens (tertiary/aromatic N) is 3. The maximum atomic E-state index is 6.40. The van der Waals surface area contributed by atoms with E-state index in [0.29, 0.717) is 0 Å². The average Bonchev–Trinajstić information content (AvgIpc) is 3.65. The van der Waals surface area contributed by atoms with Crippen molar-refractivity contribution in [3.05, 3.63) is 180 Å². The lowest BCUT2D eigenvalue weighted by Gasteiger charge is -2.42. The van der Waals surface area contributed by atoms with E-state index in [0.717, 1.165) is 28.6 Å². The quantitative estimate of drug-likeness (QED) is 0.165. The Labute approximate surface area is 409 Å². The number of hydrogen-bond donors (Lipinski definition) is 0. The number of benzene rings is 8. The van der Waals surface area contributed by atoms with Crippen LogP contribution < -0.4 is 25.5 Å². The van der Waals surface area contributed by atoms with Gasteiger partial charge in [-0.15, -0.1) is 0 Å². The van der Waals surface area contributed by atoms with E-state index in [1.807, 2.05) is 12.1 Å². The summed E-state index contributed by atoms with van der Waals surface area (Å²) in [6.07, 6.45) is 0. The molecule has 4 nitrogen and oxygen atoms in total. The van der Waals surface area contributed by atoms with Gasteiger partial charge < -0.3 is 19.0 Å². The normalized spacial score (nSPS) is 14.1. The van der Waals surface area contributed by atoms with Crippen LogP contribution in [0, 0.1) is 0 Å². The molecule has 3 aliphatic rings. The van der Waals surface area contributed by atoms with Crippen LogP contribution in [0.25, 0.3) is 44.1 Å². The molecular weight excluding hydrogens is 838 g/mol. The third-order valence-corrected chi connectivity index (χ3v) is 15.2. The van der Waals surface area contributed by atoms with Crippen molar-refractivity contribution in [1.82, 2.24) is 4.48 Å². The predicted octanol–water partition coefficient (Wildman–Crippen LogP) is 16.6. The van der Waals surface area contributed by atoms with Crippen molar-refractivity contribution in [2.24, 2.45) is 0 Å². The van der Waals surface area contributed by atoms with Crippen molar-refractivity contribution >= 4 is 73.7 Å². The molecule has 3 aliphatic heterocycles. The summed E-state index contributed by atoms with van der Waals surface area (Å²) in [6, 6.07) is 59.8. The van der Waals surface area contributed by atoms with Crippen LogP contribution in [0.1, 0.15) is 105 Å². The van der Waals surface area contributed by atoms with Crippen molar-refractivity contribution < 1.29 is 4.74 Å². The molecule has 0 fully saturated rings. The fourth-order valence-corrected chi connectivity index (χ4v) is 11.3. The van der Waals surface area contributed by atoms with E-state index < -0.39 is 0 Å². The minimum absolute atomic E-state index is 0.0349. The molecule has 1 aromatic heterocycles. The Hall–Kier alpha value is -6.98. The smallest absolute Gasteiger partial charge is 0.333 e. The van der Waals surface area contributed by atoms with Gasteiger partial charge in [0.15, 0.2) is 11.5 Å². The van der Waals surface area contributed by atoms with Gasteiger partial charge in [0.2, 0.25) is 0 Å². The van der Waals surface area contributed by atoms with Gasteiger partial charge in [0.05, 0.1) is 11.4 Å². The predicted molar refractivity (Wildman–Crippen MR) is 295 cm³/mol. The summed E-state index contributed by atoms with van der Waals surface area (Å²) in [5, 5.41) is 2.61. The molecule has 9 aromatic rings. The molecule has 4 heterocycles. The topological polar surface area (TPSA) is 20.6 Å². The van der Waals surface area contributed by atoms with Crippen LogP contribution in [0.5, 0.6) is 11.5 Å². The summed E-state index contributed by atoms with van der Waals surface area (Å²) >= 11 is 0. The molecule has 0 amide bonds. The van der Waals surface area contributed by atoms with Crippen LogP contribution in [0.15, 0.2) is 158 Å². The van der Waals surface area contributed by atoms with E-state index in [9.17, 15) is 0 Å². The minimum Gasteiger partial charge on any atom is -0.453 e. The first-order valence-electron chi connectivity index (χ1n) is 24.9. The van der Waals surface area contributed by atoms with Crippen LogP contribution in [0.2, 0.25) is 0 Å². The number of rotatable bonds is 3. The third kappa shape index (κ3) is 6.71. The number of ether oxygens (including phenoxy) is 1. The van der Waals surface area contributed by atoms with E-state index in [1.54, 1.807) is 0 Å². The van der Waals surface area contributed by atoms with Crippen molar-refractivity contribution in [3.63, 3.8) is 0 Å². The first-order valence-corrected chi connectivity index (χ1v) is 24.9. The summed E-state index contributed by atoms with van der Waals surface area (Å²) in [4.78, 5) is 4.90. The van der Waals surface area contributed by atoms with Gasteiger partial charge in [-0.05, 0) is 144 Å². The largest absolute Gasteiger partial charge is 0.453 e. The fraction of sp³-hybridized carbons (Fsp3) is 0.250. The van der Waals surface area contributed by atoms with Crippen LogP contribution >= 0.6 is 0 Å². The van der Waals surface area contributed by atoms with E-state index >= 15 is 0 Å². The zero-order chi connectivity index (χ0) is 48.1. The second-order valence-electron chi connectivity index (χ2n) is 23.9. The number of anilines is 6. The van der Waals surface area contributed by atoms with Crippen LogP contribution in [0.3, 0.4) is 0 Å². The van der Waals surface area contributed by atoms with Crippen LogP contribution in [0.4, 0.5) is 34.1 Å². The lowest BCUT2D eigenvalue weighted by atomic mass is 9.44.